The largest absolute Gasteiger partial charge is 0.393 e. The highest BCUT2D eigenvalue weighted by molar-refractivity contribution is 4.92. The molecule has 0 amide bonds. The van der Waals surface area contributed by atoms with E-state index in [0.29, 0.717) is 0 Å². The number of nitrogens with two attached hydrogens (primary N) is 1. The van der Waals surface area contributed by atoms with Gasteiger partial charge in [-0.1, -0.05) is 19.3 Å². The summed E-state index contributed by atoms with van der Waals surface area (Å²) in [7, 11) is 2.15. The van der Waals surface area contributed by atoms with Crippen molar-refractivity contribution in [1.29, 1.82) is 0 Å². The third-order valence-electron chi connectivity index (χ3n) is 3.86. The van der Waals surface area contributed by atoms with Crippen LogP contribution in [0.25, 0.3) is 0 Å². The molecule has 1 unspecified atom stereocenters. The van der Waals surface area contributed by atoms with Gasteiger partial charge in [0.1, 0.15) is 0 Å². The maximum Gasteiger partial charge on any atom is 0.0524 e. The Balaban J connectivity index is 2.48. The molecule has 0 radical (unpaired) electrons. The summed E-state index contributed by atoms with van der Waals surface area (Å²) in [4.78, 5) is 2.37. The lowest BCUT2D eigenvalue weighted by Gasteiger charge is -2.44. The van der Waals surface area contributed by atoms with Crippen LogP contribution in [-0.2, 0) is 0 Å². The van der Waals surface area contributed by atoms with Gasteiger partial charge in [-0.05, 0) is 33.2 Å². The Morgan fingerprint density at radius 2 is 1.93 bits per heavy atom. The van der Waals surface area contributed by atoms with Gasteiger partial charge >= 0.3 is 0 Å². The predicted octanol–water partition coefficient (Wildman–Crippen LogP) is 1.35. The Hall–Kier alpha value is -0.120. The van der Waals surface area contributed by atoms with Crippen molar-refractivity contribution < 1.29 is 5.11 Å². The van der Waals surface area contributed by atoms with Crippen molar-refractivity contribution in [3.05, 3.63) is 0 Å². The van der Waals surface area contributed by atoms with Gasteiger partial charge in [0.2, 0.25) is 0 Å². The first kappa shape index (κ1) is 12.9. The molecule has 1 aliphatic rings. The molecular formula is C12H26N2O. The number of aliphatic hydroxyl groups is 1. The zero-order valence-electron chi connectivity index (χ0n) is 10.2. The van der Waals surface area contributed by atoms with Crippen molar-refractivity contribution in [3.63, 3.8) is 0 Å². The molecule has 1 aliphatic carbocycles. The second kappa shape index (κ2) is 5.83. The van der Waals surface area contributed by atoms with Crippen LogP contribution in [0.3, 0.4) is 0 Å². The van der Waals surface area contributed by atoms with Crippen LogP contribution in [-0.4, -0.2) is 41.8 Å². The summed E-state index contributed by atoms with van der Waals surface area (Å²) < 4.78 is 0. The van der Waals surface area contributed by atoms with Crippen LogP contribution < -0.4 is 5.73 Å². The van der Waals surface area contributed by atoms with Crippen molar-refractivity contribution in [1.82, 2.24) is 4.90 Å². The Labute approximate surface area is 93.6 Å². The van der Waals surface area contributed by atoms with E-state index >= 15 is 0 Å². The van der Waals surface area contributed by atoms with Gasteiger partial charge in [-0.25, -0.2) is 0 Å². The fourth-order valence-electron chi connectivity index (χ4n) is 2.57. The molecule has 1 atom stereocenters. The van der Waals surface area contributed by atoms with Gasteiger partial charge in [-0.2, -0.15) is 0 Å². The molecule has 0 saturated heterocycles. The smallest absolute Gasteiger partial charge is 0.0524 e. The maximum atomic E-state index is 9.30. The summed E-state index contributed by atoms with van der Waals surface area (Å²) in [5.74, 6) is 0. The molecule has 0 spiro atoms. The Morgan fingerprint density at radius 1 is 1.33 bits per heavy atom. The summed E-state index contributed by atoms with van der Waals surface area (Å²) in [5.41, 5.74) is 6.16. The second-order valence-corrected chi connectivity index (χ2v) is 5.05. The summed E-state index contributed by atoms with van der Waals surface area (Å²) in [6, 6.07) is 0. The van der Waals surface area contributed by atoms with Gasteiger partial charge in [0, 0.05) is 18.6 Å². The van der Waals surface area contributed by atoms with E-state index in [1.165, 1.54) is 32.1 Å². The van der Waals surface area contributed by atoms with Gasteiger partial charge < -0.3 is 10.8 Å². The second-order valence-electron chi connectivity index (χ2n) is 5.05. The predicted molar refractivity (Wildman–Crippen MR) is 63.8 cm³/mol. The van der Waals surface area contributed by atoms with E-state index in [4.69, 9.17) is 5.73 Å². The first-order valence-corrected chi connectivity index (χ1v) is 6.20. The number of nitrogens with zero attached hydrogens (tertiary/aromatic N) is 1. The molecule has 0 heterocycles. The average molecular weight is 214 g/mol. The van der Waals surface area contributed by atoms with Crippen LogP contribution in [0.4, 0.5) is 0 Å². The molecule has 0 aromatic rings. The Morgan fingerprint density at radius 3 is 2.40 bits per heavy atom. The Bertz CT molecular complexity index is 176. The number of hydrogen-bond donors (Lipinski definition) is 2. The molecule has 0 aliphatic heterocycles. The van der Waals surface area contributed by atoms with Crippen LogP contribution in [0, 0.1) is 0 Å². The lowest BCUT2D eigenvalue weighted by atomic mass is 9.80. The van der Waals surface area contributed by atoms with Gasteiger partial charge in [0.05, 0.1) is 6.10 Å². The number of hydrogen-bond acceptors (Lipinski definition) is 3. The van der Waals surface area contributed by atoms with Crippen molar-refractivity contribution in [2.24, 2.45) is 5.73 Å². The summed E-state index contributed by atoms with van der Waals surface area (Å²) in [6.07, 6.45) is 7.04. The molecule has 3 N–H and O–H groups in total. The molecule has 3 nitrogen and oxygen atoms in total. The van der Waals surface area contributed by atoms with E-state index in [0.717, 1.165) is 19.5 Å². The van der Waals surface area contributed by atoms with Gasteiger partial charge in [-0.15, -0.1) is 0 Å². The third-order valence-corrected chi connectivity index (χ3v) is 3.86. The quantitative estimate of drug-likeness (QED) is 0.726. The average Bonchev–Trinajstić information content (AvgIpc) is 2.26. The molecule has 0 bridgehead atoms. The molecule has 1 rings (SSSR count). The number of aliphatic hydroxyl groups excluding tert-OH is 1. The highest BCUT2D eigenvalue weighted by atomic mass is 16.3. The van der Waals surface area contributed by atoms with E-state index in [1.807, 2.05) is 6.92 Å². The topological polar surface area (TPSA) is 49.5 Å². The third kappa shape index (κ3) is 3.44. The van der Waals surface area contributed by atoms with E-state index in [9.17, 15) is 5.11 Å². The van der Waals surface area contributed by atoms with Crippen LogP contribution in [0.15, 0.2) is 0 Å². The fourth-order valence-corrected chi connectivity index (χ4v) is 2.57. The molecule has 0 aromatic carbocycles. The first-order valence-electron chi connectivity index (χ1n) is 6.20. The molecule has 0 aromatic heterocycles. The molecule has 1 saturated carbocycles. The van der Waals surface area contributed by atoms with Crippen molar-refractivity contribution in [2.75, 3.05) is 20.1 Å². The van der Waals surface area contributed by atoms with Crippen LogP contribution in [0.1, 0.15) is 45.4 Å². The SMILES string of the molecule is CC(O)CCN(C)C1(CN)CCCCC1. The van der Waals surface area contributed by atoms with Crippen LogP contribution in [0.2, 0.25) is 0 Å². The summed E-state index contributed by atoms with van der Waals surface area (Å²) >= 11 is 0. The standard InChI is InChI=1S/C12H26N2O/c1-11(15)6-9-14(2)12(10-13)7-4-3-5-8-12/h11,15H,3-10,13H2,1-2H3. The van der Waals surface area contributed by atoms with Crippen molar-refractivity contribution >= 4 is 0 Å². The number of rotatable bonds is 5. The lowest BCUT2D eigenvalue weighted by Crippen LogP contribution is -2.53. The minimum absolute atomic E-state index is 0.203. The van der Waals surface area contributed by atoms with Gasteiger partial charge in [-0.3, -0.25) is 4.90 Å². The minimum atomic E-state index is -0.203. The molecule has 90 valence electrons. The summed E-state index contributed by atoms with van der Waals surface area (Å²) in [6.45, 7) is 3.56. The molecule has 1 fully saturated rings. The normalized spacial score (nSPS) is 23.0. The zero-order chi connectivity index (χ0) is 11.3. The molecule has 15 heavy (non-hydrogen) atoms. The summed E-state index contributed by atoms with van der Waals surface area (Å²) in [5, 5.41) is 9.30. The first-order chi connectivity index (χ1) is 7.10. The zero-order valence-corrected chi connectivity index (χ0v) is 10.2. The number of likely N-dealkylation sites (N-methyl/N-ethyl adjacent to an activating group) is 1. The van der Waals surface area contributed by atoms with Crippen LogP contribution >= 0.6 is 0 Å². The van der Waals surface area contributed by atoms with E-state index in [2.05, 4.69) is 11.9 Å². The van der Waals surface area contributed by atoms with E-state index in [-0.39, 0.29) is 11.6 Å². The highest BCUT2D eigenvalue weighted by Gasteiger charge is 2.34. The fraction of sp³-hybridized carbons (Fsp3) is 1.00. The molecule has 3 heteroatoms. The lowest BCUT2D eigenvalue weighted by molar-refractivity contribution is 0.0658. The van der Waals surface area contributed by atoms with E-state index in [1.54, 1.807) is 0 Å². The Kier molecular flexibility index (Phi) is 5.03. The van der Waals surface area contributed by atoms with Gasteiger partial charge in [0.15, 0.2) is 0 Å². The highest BCUT2D eigenvalue weighted by Crippen LogP contribution is 2.32. The monoisotopic (exact) mass is 214 g/mol. The van der Waals surface area contributed by atoms with Crippen molar-refractivity contribution in [2.45, 2.75) is 57.1 Å². The van der Waals surface area contributed by atoms with Crippen LogP contribution in [0.5, 0.6) is 0 Å². The maximum absolute atomic E-state index is 9.30. The van der Waals surface area contributed by atoms with E-state index < -0.39 is 0 Å². The van der Waals surface area contributed by atoms with Gasteiger partial charge in [0.25, 0.3) is 0 Å². The minimum Gasteiger partial charge on any atom is -0.393 e. The molecular weight excluding hydrogens is 188 g/mol. The van der Waals surface area contributed by atoms with Crippen molar-refractivity contribution in [3.8, 4) is 0 Å².